The standard InChI is InChI=1S/C23H44O3/c1-3-5-6-7-8-9-10-11-12-13-14-15-16-17-18-19-22(24)26-23(4-2)20-25-21-23/h3-21H2,1-2H3. The third-order valence-electron chi connectivity index (χ3n) is 5.69. The van der Waals surface area contributed by atoms with E-state index < -0.39 is 0 Å². The molecule has 1 aliphatic heterocycles. The second-order valence-electron chi connectivity index (χ2n) is 8.20. The van der Waals surface area contributed by atoms with Crippen molar-refractivity contribution in [3.05, 3.63) is 0 Å². The monoisotopic (exact) mass is 368 g/mol. The number of hydrogen-bond acceptors (Lipinski definition) is 3. The van der Waals surface area contributed by atoms with Crippen molar-refractivity contribution in [1.82, 2.24) is 0 Å². The third-order valence-corrected chi connectivity index (χ3v) is 5.69. The molecule has 0 aliphatic carbocycles. The molecule has 154 valence electrons. The molecule has 0 aromatic rings. The molecule has 1 fully saturated rings. The largest absolute Gasteiger partial charge is 0.454 e. The number of carbonyl (C=O) groups excluding carboxylic acids is 1. The number of unbranched alkanes of at least 4 members (excludes halogenated alkanes) is 14. The summed E-state index contributed by atoms with van der Waals surface area (Å²) >= 11 is 0. The lowest BCUT2D eigenvalue weighted by Gasteiger charge is -2.39. The van der Waals surface area contributed by atoms with Crippen molar-refractivity contribution in [2.75, 3.05) is 13.2 Å². The lowest BCUT2D eigenvalue weighted by Crippen LogP contribution is -2.52. The van der Waals surface area contributed by atoms with E-state index >= 15 is 0 Å². The topological polar surface area (TPSA) is 35.5 Å². The number of carbonyl (C=O) groups is 1. The van der Waals surface area contributed by atoms with Crippen LogP contribution in [-0.2, 0) is 14.3 Å². The van der Waals surface area contributed by atoms with Gasteiger partial charge in [0.25, 0.3) is 0 Å². The average Bonchev–Trinajstić information content (AvgIpc) is 2.61. The fourth-order valence-corrected chi connectivity index (χ4v) is 3.60. The molecular weight excluding hydrogens is 324 g/mol. The molecule has 3 heteroatoms. The summed E-state index contributed by atoms with van der Waals surface area (Å²) in [5, 5.41) is 0. The van der Waals surface area contributed by atoms with E-state index in [-0.39, 0.29) is 11.6 Å². The van der Waals surface area contributed by atoms with Crippen LogP contribution in [0.5, 0.6) is 0 Å². The van der Waals surface area contributed by atoms with E-state index in [9.17, 15) is 4.79 Å². The maximum absolute atomic E-state index is 11.9. The highest BCUT2D eigenvalue weighted by atomic mass is 16.6. The maximum atomic E-state index is 11.9. The molecular formula is C23H44O3. The summed E-state index contributed by atoms with van der Waals surface area (Å²) in [7, 11) is 0. The van der Waals surface area contributed by atoms with E-state index in [1.807, 2.05) is 0 Å². The van der Waals surface area contributed by atoms with Gasteiger partial charge in [-0.15, -0.1) is 0 Å². The first kappa shape index (κ1) is 23.5. The van der Waals surface area contributed by atoms with Crippen molar-refractivity contribution >= 4 is 5.97 Å². The molecule has 0 amide bonds. The molecule has 26 heavy (non-hydrogen) atoms. The molecule has 0 aromatic carbocycles. The fraction of sp³-hybridized carbons (Fsp3) is 0.957. The number of ether oxygens (including phenoxy) is 2. The first-order valence-corrected chi connectivity index (χ1v) is 11.5. The van der Waals surface area contributed by atoms with E-state index in [1.54, 1.807) is 0 Å². The minimum atomic E-state index is -0.299. The Labute approximate surface area is 162 Å². The lowest BCUT2D eigenvalue weighted by molar-refractivity contribution is -0.214. The highest BCUT2D eigenvalue weighted by Crippen LogP contribution is 2.26. The minimum Gasteiger partial charge on any atom is -0.454 e. The van der Waals surface area contributed by atoms with E-state index in [1.165, 1.54) is 83.5 Å². The zero-order chi connectivity index (χ0) is 18.9. The highest BCUT2D eigenvalue weighted by molar-refractivity contribution is 5.70. The van der Waals surface area contributed by atoms with Crippen molar-refractivity contribution in [3.8, 4) is 0 Å². The molecule has 0 unspecified atom stereocenters. The van der Waals surface area contributed by atoms with Gasteiger partial charge in [0.05, 0.1) is 13.2 Å². The Balaban J connectivity index is 1.76. The van der Waals surface area contributed by atoms with E-state index in [4.69, 9.17) is 9.47 Å². The van der Waals surface area contributed by atoms with Crippen LogP contribution in [0.2, 0.25) is 0 Å². The first-order chi connectivity index (χ1) is 12.7. The van der Waals surface area contributed by atoms with Gasteiger partial charge in [0, 0.05) is 6.42 Å². The maximum Gasteiger partial charge on any atom is 0.306 e. The van der Waals surface area contributed by atoms with Gasteiger partial charge in [0.2, 0.25) is 0 Å². The molecule has 1 rings (SSSR count). The summed E-state index contributed by atoms with van der Waals surface area (Å²) in [5.74, 6) is -0.0372. The van der Waals surface area contributed by atoms with Crippen LogP contribution in [0.15, 0.2) is 0 Å². The fourth-order valence-electron chi connectivity index (χ4n) is 3.60. The predicted octanol–water partition coefficient (Wildman–Crippen LogP) is 6.97. The van der Waals surface area contributed by atoms with Crippen LogP contribution >= 0.6 is 0 Å². The Kier molecular flexibility index (Phi) is 14.0. The van der Waals surface area contributed by atoms with Gasteiger partial charge in [-0.1, -0.05) is 104 Å². The molecule has 0 saturated carbocycles. The lowest BCUT2D eigenvalue weighted by atomic mass is 9.98. The molecule has 0 bridgehead atoms. The van der Waals surface area contributed by atoms with Crippen LogP contribution in [0.25, 0.3) is 0 Å². The Morgan fingerprint density at radius 2 is 1.15 bits per heavy atom. The zero-order valence-electron chi connectivity index (χ0n) is 17.7. The Hall–Kier alpha value is -0.570. The van der Waals surface area contributed by atoms with Gasteiger partial charge in [0.15, 0.2) is 5.60 Å². The Morgan fingerprint density at radius 1 is 0.731 bits per heavy atom. The SMILES string of the molecule is CCCCCCCCCCCCCCCCCC(=O)OC1(CC)COC1. The summed E-state index contributed by atoms with van der Waals surface area (Å²) in [4.78, 5) is 11.9. The van der Waals surface area contributed by atoms with E-state index in [0.717, 1.165) is 19.3 Å². The highest BCUT2D eigenvalue weighted by Gasteiger charge is 2.40. The van der Waals surface area contributed by atoms with Gasteiger partial charge in [0.1, 0.15) is 0 Å². The molecule has 1 aliphatic rings. The molecule has 1 heterocycles. The molecule has 0 radical (unpaired) electrons. The minimum absolute atomic E-state index is 0.0372. The van der Waals surface area contributed by atoms with E-state index in [2.05, 4.69) is 13.8 Å². The van der Waals surface area contributed by atoms with Crippen molar-refractivity contribution in [2.45, 2.75) is 129 Å². The molecule has 0 spiro atoms. The van der Waals surface area contributed by atoms with Crippen LogP contribution < -0.4 is 0 Å². The van der Waals surface area contributed by atoms with E-state index in [0.29, 0.717) is 19.6 Å². The smallest absolute Gasteiger partial charge is 0.306 e. The third kappa shape index (κ3) is 11.2. The zero-order valence-corrected chi connectivity index (χ0v) is 17.7. The van der Waals surface area contributed by atoms with Crippen molar-refractivity contribution in [1.29, 1.82) is 0 Å². The molecule has 3 nitrogen and oxygen atoms in total. The van der Waals surface area contributed by atoms with Gasteiger partial charge in [-0.25, -0.2) is 0 Å². The van der Waals surface area contributed by atoms with Gasteiger partial charge in [-0.3, -0.25) is 4.79 Å². The number of hydrogen-bond donors (Lipinski definition) is 0. The summed E-state index contributed by atoms with van der Waals surface area (Å²) in [6.45, 7) is 5.49. The second-order valence-corrected chi connectivity index (χ2v) is 8.20. The summed E-state index contributed by atoms with van der Waals surface area (Å²) < 4.78 is 10.8. The normalized spacial score (nSPS) is 15.6. The molecule has 0 N–H and O–H groups in total. The van der Waals surface area contributed by atoms with Crippen molar-refractivity contribution in [2.24, 2.45) is 0 Å². The Bertz CT molecular complexity index is 331. The van der Waals surface area contributed by atoms with Crippen LogP contribution in [0.3, 0.4) is 0 Å². The van der Waals surface area contributed by atoms with Crippen LogP contribution in [0.4, 0.5) is 0 Å². The summed E-state index contributed by atoms with van der Waals surface area (Å²) in [6.07, 6.45) is 21.6. The van der Waals surface area contributed by atoms with Crippen molar-refractivity contribution in [3.63, 3.8) is 0 Å². The Morgan fingerprint density at radius 3 is 1.50 bits per heavy atom. The van der Waals surface area contributed by atoms with Gasteiger partial charge >= 0.3 is 5.97 Å². The van der Waals surface area contributed by atoms with Crippen LogP contribution in [0.1, 0.15) is 123 Å². The van der Waals surface area contributed by atoms with Crippen LogP contribution in [0, 0.1) is 0 Å². The first-order valence-electron chi connectivity index (χ1n) is 11.5. The summed E-state index contributed by atoms with van der Waals surface area (Å²) in [6, 6.07) is 0. The quantitative estimate of drug-likeness (QED) is 0.193. The van der Waals surface area contributed by atoms with Crippen molar-refractivity contribution < 1.29 is 14.3 Å². The summed E-state index contributed by atoms with van der Waals surface area (Å²) in [5.41, 5.74) is -0.299. The van der Waals surface area contributed by atoms with Gasteiger partial charge < -0.3 is 9.47 Å². The van der Waals surface area contributed by atoms with Crippen LogP contribution in [-0.4, -0.2) is 24.8 Å². The molecule has 0 aromatic heterocycles. The number of rotatable bonds is 18. The molecule has 1 saturated heterocycles. The predicted molar refractivity (Wildman–Crippen MR) is 109 cm³/mol. The van der Waals surface area contributed by atoms with Gasteiger partial charge in [-0.05, 0) is 12.8 Å². The van der Waals surface area contributed by atoms with Gasteiger partial charge in [-0.2, -0.15) is 0 Å². The average molecular weight is 369 g/mol. The second kappa shape index (κ2) is 15.5. The number of esters is 1. The molecule has 0 atom stereocenters.